The highest BCUT2D eigenvalue weighted by Crippen LogP contribution is 2.27. The van der Waals surface area contributed by atoms with Crippen LogP contribution >= 0.6 is 12.4 Å². The van der Waals surface area contributed by atoms with Gasteiger partial charge in [0, 0.05) is 12.2 Å². The van der Waals surface area contributed by atoms with E-state index in [1.807, 2.05) is 0 Å². The summed E-state index contributed by atoms with van der Waals surface area (Å²) in [7, 11) is 0. The number of ether oxygens (including phenoxy) is 1. The van der Waals surface area contributed by atoms with Crippen LogP contribution in [0.25, 0.3) is 0 Å². The summed E-state index contributed by atoms with van der Waals surface area (Å²) in [5.74, 6) is -0.672. The van der Waals surface area contributed by atoms with Crippen LogP contribution in [-0.2, 0) is 19.9 Å². The van der Waals surface area contributed by atoms with Crippen molar-refractivity contribution in [3.05, 3.63) is 29.8 Å². The van der Waals surface area contributed by atoms with Crippen LogP contribution in [0.5, 0.6) is 0 Å². The van der Waals surface area contributed by atoms with E-state index in [2.05, 4.69) is 16.0 Å². The standard InChI is InChI=1S/C16H20N4O4.ClH/c1-16(14(22)19-15(23)20-16)9-3-2-4-10(7-9)18-13(21)12-6-5-11(8-17)24-12;/h2-4,7,11-12H,5-6,8,17H2,1H3,(H,18,21)(H2,19,20,22,23);1H/t11-,12+,16?;/m1./s1. The molecule has 5 N–H and O–H groups in total. The Labute approximate surface area is 151 Å². The zero-order chi connectivity index (χ0) is 17.3. The number of hydrogen-bond acceptors (Lipinski definition) is 5. The molecule has 2 fully saturated rings. The molecule has 136 valence electrons. The van der Waals surface area contributed by atoms with E-state index in [9.17, 15) is 14.4 Å². The number of nitrogens with two attached hydrogens (primary N) is 1. The van der Waals surface area contributed by atoms with Crippen molar-refractivity contribution in [1.29, 1.82) is 0 Å². The van der Waals surface area contributed by atoms with E-state index in [1.54, 1.807) is 31.2 Å². The van der Waals surface area contributed by atoms with Crippen LogP contribution in [0.1, 0.15) is 25.3 Å². The first-order valence-corrected chi connectivity index (χ1v) is 7.83. The smallest absolute Gasteiger partial charge is 0.322 e. The molecule has 0 bridgehead atoms. The van der Waals surface area contributed by atoms with Gasteiger partial charge in [0.2, 0.25) is 0 Å². The van der Waals surface area contributed by atoms with Gasteiger partial charge in [-0.2, -0.15) is 0 Å². The van der Waals surface area contributed by atoms with Gasteiger partial charge in [0.1, 0.15) is 11.6 Å². The minimum Gasteiger partial charge on any atom is -0.364 e. The number of imide groups is 1. The maximum Gasteiger partial charge on any atom is 0.322 e. The second-order valence-corrected chi connectivity index (χ2v) is 6.16. The van der Waals surface area contributed by atoms with Crippen molar-refractivity contribution in [1.82, 2.24) is 10.6 Å². The molecule has 0 aromatic heterocycles. The lowest BCUT2D eigenvalue weighted by atomic mass is 9.92. The Balaban J connectivity index is 0.00000225. The SMILES string of the molecule is CC1(c2cccc(NC(=O)[C@@H]3CC[C@H](CN)O3)c2)NC(=O)NC1=O.Cl. The summed E-state index contributed by atoms with van der Waals surface area (Å²) in [4.78, 5) is 35.7. The molecular formula is C16H21ClN4O4. The molecule has 2 heterocycles. The van der Waals surface area contributed by atoms with Gasteiger partial charge in [0.05, 0.1) is 6.10 Å². The highest BCUT2D eigenvalue weighted by molar-refractivity contribution is 6.07. The molecule has 0 aliphatic carbocycles. The summed E-state index contributed by atoms with van der Waals surface area (Å²) in [5.41, 5.74) is 5.50. The van der Waals surface area contributed by atoms with Gasteiger partial charge >= 0.3 is 6.03 Å². The molecule has 25 heavy (non-hydrogen) atoms. The molecule has 0 spiro atoms. The number of hydrogen-bond donors (Lipinski definition) is 4. The third-order valence-electron chi connectivity index (χ3n) is 4.42. The second kappa shape index (κ2) is 7.38. The topological polar surface area (TPSA) is 123 Å². The molecule has 0 saturated carbocycles. The lowest BCUT2D eigenvalue weighted by molar-refractivity contribution is -0.126. The Morgan fingerprint density at radius 2 is 2.16 bits per heavy atom. The number of halogens is 1. The Morgan fingerprint density at radius 3 is 2.76 bits per heavy atom. The molecule has 1 aromatic carbocycles. The molecule has 2 aliphatic heterocycles. The van der Waals surface area contributed by atoms with Crippen LogP contribution < -0.4 is 21.7 Å². The van der Waals surface area contributed by atoms with E-state index in [0.717, 1.165) is 6.42 Å². The van der Waals surface area contributed by atoms with Gasteiger partial charge < -0.3 is 21.1 Å². The molecular weight excluding hydrogens is 348 g/mol. The fourth-order valence-corrected chi connectivity index (χ4v) is 2.95. The van der Waals surface area contributed by atoms with Gasteiger partial charge in [0.15, 0.2) is 0 Å². The van der Waals surface area contributed by atoms with Crippen molar-refractivity contribution in [3.63, 3.8) is 0 Å². The Hall–Kier alpha value is -2.16. The minimum absolute atomic E-state index is 0. The Kier molecular flexibility index (Phi) is 5.66. The summed E-state index contributed by atoms with van der Waals surface area (Å²) in [6.07, 6.45) is 0.790. The highest BCUT2D eigenvalue weighted by Gasteiger charge is 2.43. The van der Waals surface area contributed by atoms with Gasteiger partial charge in [-0.15, -0.1) is 12.4 Å². The highest BCUT2D eigenvalue weighted by atomic mass is 35.5. The molecule has 2 aliphatic rings. The third-order valence-corrected chi connectivity index (χ3v) is 4.42. The van der Waals surface area contributed by atoms with E-state index in [1.165, 1.54) is 0 Å². The maximum atomic E-state index is 12.3. The lowest BCUT2D eigenvalue weighted by Gasteiger charge is -2.22. The number of urea groups is 1. The van der Waals surface area contributed by atoms with E-state index in [-0.39, 0.29) is 24.4 Å². The first-order valence-electron chi connectivity index (χ1n) is 7.83. The monoisotopic (exact) mass is 368 g/mol. The van der Waals surface area contributed by atoms with Crippen LogP contribution in [0.3, 0.4) is 0 Å². The van der Waals surface area contributed by atoms with Crippen LogP contribution in [0.15, 0.2) is 24.3 Å². The maximum absolute atomic E-state index is 12.3. The fourth-order valence-electron chi connectivity index (χ4n) is 2.95. The number of amides is 4. The Bertz CT molecular complexity index is 698. The first kappa shape index (κ1) is 19.2. The van der Waals surface area contributed by atoms with Gasteiger partial charge in [-0.3, -0.25) is 14.9 Å². The summed E-state index contributed by atoms with van der Waals surface area (Å²) in [5, 5.41) is 7.59. The molecule has 9 heteroatoms. The third kappa shape index (κ3) is 3.76. The molecule has 0 radical (unpaired) electrons. The minimum atomic E-state index is -1.16. The van der Waals surface area contributed by atoms with Crippen molar-refractivity contribution < 1.29 is 19.1 Å². The molecule has 1 unspecified atom stereocenters. The van der Waals surface area contributed by atoms with Gasteiger partial charge in [-0.25, -0.2) is 4.79 Å². The number of nitrogens with one attached hydrogen (secondary N) is 3. The summed E-state index contributed by atoms with van der Waals surface area (Å²) < 4.78 is 5.57. The summed E-state index contributed by atoms with van der Waals surface area (Å²) in [6, 6.07) is 6.28. The second-order valence-electron chi connectivity index (χ2n) is 6.16. The van der Waals surface area contributed by atoms with Crippen molar-refractivity contribution in [2.24, 2.45) is 5.73 Å². The van der Waals surface area contributed by atoms with E-state index in [0.29, 0.717) is 24.2 Å². The number of anilines is 1. The molecule has 1 aromatic rings. The van der Waals surface area contributed by atoms with Crippen molar-refractivity contribution >= 4 is 35.9 Å². The van der Waals surface area contributed by atoms with Gasteiger partial charge in [-0.1, -0.05) is 12.1 Å². The molecule has 3 rings (SSSR count). The van der Waals surface area contributed by atoms with Gasteiger partial charge in [0.25, 0.3) is 11.8 Å². The molecule has 2 saturated heterocycles. The zero-order valence-corrected chi connectivity index (χ0v) is 14.5. The Morgan fingerprint density at radius 1 is 1.40 bits per heavy atom. The average molecular weight is 369 g/mol. The summed E-state index contributed by atoms with van der Waals surface area (Å²) in [6.45, 7) is 2.01. The molecule has 4 amide bonds. The normalized spacial score (nSPS) is 28.1. The quantitative estimate of drug-likeness (QED) is 0.580. The predicted octanol–water partition coefficient (Wildman–Crippen LogP) is 0.608. The van der Waals surface area contributed by atoms with Crippen molar-refractivity contribution in [2.45, 2.75) is 37.5 Å². The summed E-state index contributed by atoms with van der Waals surface area (Å²) >= 11 is 0. The largest absolute Gasteiger partial charge is 0.364 e. The van der Waals surface area contributed by atoms with Gasteiger partial charge in [-0.05, 0) is 37.5 Å². The number of carbonyl (C=O) groups excluding carboxylic acids is 3. The zero-order valence-electron chi connectivity index (χ0n) is 13.7. The van der Waals surface area contributed by atoms with Crippen LogP contribution in [0.2, 0.25) is 0 Å². The number of benzene rings is 1. The molecule has 8 nitrogen and oxygen atoms in total. The van der Waals surface area contributed by atoms with Crippen molar-refractivity contribution in [3.8, 4) is 0 Å². The average Bonchev–Trinajstić information content (AvgIpc) is 3.13. The van der Waals surface area contributed by atoms with Crippen LogP contribution in [0.4, 0.5) is 10.5 Å². The first-order chi connectivity index (χ1) is 11.4. The number of carbonyl (C=O) groups is 3. The van der Waals surface area contributed by atoms with E-state index >= 15 is 0 Å². The van der Waals surface area contributed by atoms with Crippen LogP contribution in [0, 0.1) is 0 Å². The van der Waals surface area contributed by atoms with E-state index in [4.69, 9.17) is 10.5 Å². The van der Waals surface area contributed by atoms with E-state index < -0.39 is 23.6 Å². The lowest BCUT2D eigenvalue weighted by Crippen LogP contribution is -2.40. The predicted molar refractivity (Wildman–Crippen MR) is 93.3 cm³/mol. The van der Waals surface area contributed by atoms with Crippen LogP contribution in [-0.4, -0.2) is 36.6 Å². The fraction of sp³-hybridized carbons (Fsp3) is 0.438. The number of rotatable bonds is 4. The molecule has 3 atom stereocenters. The van der Waals surface area contributed by atoms with Crippen molar-refractivity contribution in [2.75, 3.05) is 11.9 Å².